The average molecular weight is 389 g/mol. The SMILES string of the molecule is CCc1cccc(OCC(=O)Oc2ccc(/C=C/c3ccncc3)cc2OC)c1. The molecule has 5 heteroatoms. The zero-order valence-electron chi connectivity index (χ0n) is 16.5. The fourth-order valence-electron chi connectivity index (χ4n) is 2.69. The van der Waals surface area contributed by atoms with Crippen LogP contribution >= 0.6 is 0 Å². The summed E-state index contributed by atoms with van der Waals surface area (Å²) in [6, 6.07) is 16.9. The molecule has 1 heterocycles. The van der Waals surface area contributed by atoms with Crippen LogP contribution in [0.4, 0.5) is 0 Å². The summed E-state index contributed by atoms with van der Waals surface area (Å²) in [5.41, 5.74) is 3.11. The van der Waals surface area contributed by atoms with Crippen molar-refractivity contribution < 1.29 is 19.0 Å². The fraction of sp³-hybridized carbons (Fsp3) is 0.167. The van der Waals surface area contributed by atoms with Crippen molar-refractivity contribution in [2.45, 2.75) is 13.3 Å². The van der Waals surface area contributed by atoms with Crippen molar-refractivity contribution in [1.29, 1.82) is 0 Å². The molecule has 0 aliphatic carbocycles. The molecule has 0 aliphatic heterocycles. The van der Waals surface area contributed by atoms with E-state index in [-0.39, 0.29) is 6.61 Å². The molecular weight excluding hydrogens is 366 g/mol. The summed E-state index contributed by atoms with van der Waals surface area (Å²) in [6.07, 6.45) is 8.31. The van der Waals surface area contributed by atoms with E-state index in [0.717, 1.165) is 23.1 Å². The van der Waals surface area contributed by atoms with Crippen LogP contribution in [0.3, 0.4) is 0 Å². The first kappa shape index (κ1) is 20.1. The molecular formula is C24H23NO4. The lowest BCUT2D eigenvalue weighted by atomic mass is 10.1. The van der Waals surface area contributed by atoms with Gasteiger partial charge in [-0.05, 0) is 59.5 Å². The Morgan fingerprint density at radius 2 is 1.76 bits per heavy atom. The van der Waals surface area contributed by atoms with Crippen LogP contribution in [0, 0.1) is 0 Å². The lowest BCUT2D eigenvalue weighted by molar-refractivity contribution is -0.136. The summed E-state index contributed by atoms with van der Waals surface area (Å²) in [7, 11) is 1.54. The van der Waals surface area contributed by atoms with Gasteiger partial charge >= 0.3 is 5.97 Å². The third-order valence-electron chi connectivity index (χ3n) is 4.25. The Labute approximate surface area is 170 Å². The number of rotatable bonds is 8. The highest BCUT2D eigenvalue weighted by atomic mass is 16.6. The predicted molar refractivity (Wildman–Crippen MR) is 113 cm³/mol. The van der Waals surface area contributed by atoms with Crippen molar-refractivity contribution in [2.24, 2.45) is 0 Å². The van der Waals surface area contributed by atoms with E-state index < -0.39 is 5.97 Å². The number of aromatic nitrogens is 1. The van der Waals surface area contributed by atoms with Gasteiger partial charge in [0.15, 0.2) is 18.1 Å². The van der Waals surface area contributed by atoms with E-state index in [2.05, 4.69) is 11.9 Å². The Kier molecular flexibility index (Phi) is 7.00. The van der Waals surface area contributed by atoms with Crippen molar-refractivity contribution in [2.75, 3.05) is 13.7 Å². The summed E-state index contributed by atoms with van der Waals surface area (Å²) in [5, 5.41) is 0. The normalized spacial score (nSPS) is 10.7. The van der Waals surface area contributed by atoms with Crippen molar-refractivity contribution in [1.82, 2.24) is 4.98 Å². The van der Waals surface area contributed by atoms with Gasteiger partial charge in [-0.1, -0.05) is 37.3 Å². The van der Waals surface area contributed by atoms with Crippen LogP contribution < -0.4 is 14.2 Å². The number of carbonyl (C=O) groups is 1. The molecule has 0 N–H and O–H groups in total. The van der Waals surface area contributed by atoms with Crippen LogP contribution in [0.1, 0.15) is 23.6 Å². The van der Waals surface area contributed by atoms with Gasteiger partial charge < -0.3 is 14.2 Å². The number of ether oxygens (including phenoxy) is 3. The molecule has 0 radical (unpaired) electrons. The summed E-state index contributed by atoms with van der Waals surface area (Å²) >= 11 is 0. The molecule has 0 fully saturated rings. The van der Waals surface area contributed by atoms with Crippen LogP contribution in [0.2, 0.25) is 0 Å². The second-order valence-corrected chi connectivity index (χ2v) is 6.29. The number of benzene rings is 2. The lowest BCUT2D eigenvalue weighted by Crippen LogP contribution is -2.18. The molecule has 29 heavy (non-hydrogen) atoms. The van der Waals surface area contributed by atoms with Crippen molar-refractivity contribution in [3.8, 4) is 17.2 Å². The maximum atomic E-state index is 12.2. The molecule has 0 atom stereocenters. The van der Waals surface area contributed by atoms with Gasteiger partial charge in [0.25, 0.3) is 0 Å². The van der Waals surface area contributed by atoms with Gasteiger partial charge in [-0.2, -0.15) is 0 Å². The standard InChI is InChI=1S/C24H23NO4/c1-3-18-5-4-6-21(15-18)28-17-24(26)29-22-10-9-20(16-23(22)27-2)8-7-19-11-13-25-14-12-19/h4-16H,3,17H2,1-2H3/b8-7+. The molecule has 0 amide bonds. The van der Waals surface area contributed by atoms with Gasteiger partial charge in [-0.3, -0.25) is 4.98 Å². The molecule has 0 saturated carbocycles. The highest BCUT2D eigenvalue weighted by molar-refractivity contribution is 5.76. The Bertz CT molecular complexity index is 983. The number of pyridine rings is 1. The van der Waals surface area contributed by atoms with Crippen molar-refractivity contribution in [3.05, 3.63) is 83.7 Å². The number of aryl methyl sites for hydroxylation is 1. The van der Waals surface area contributed by atoms with E-state index in [1.54, 1.807) is 18.5 Å². The number of hydrogen-bond donors (Lipinski definition) is 0. The average Bonchev–Trinajstić information content (AvgIpc) is 2.77. The Morgan fingerprint density at radius 3 is 2.52 bits per heavy atom. The zero-order valence-corrected chi connectivity index (χ0v) is 16.5. The van der Waals surface area contributed by atoms with E-state index in [1.807, 2.05) is 60.7 Å². The summed E-state index contributed by atoms with van der Waals surface area (Å²) < 4.78 is 16.3. The largest absolute Gasteiger partial charge is 0.493 e. The quantitative estimate of drug-likeness (QED) is 0.409. The maximum absolute atomic E-state index is 12.2. The number of hydrogen-bond acceptors (Lipinski definition) is 5. The number of carbonyl (C=O) groups excluding carboxylic acids is 1. The highest BCUT2D eigenvalue weighted by Gasteiger charge is 2.11. The van der Waals surface area contributed by atoms with E-state index in [4.69, 9.17) is 14.2 Å². The molecule has 1 aromatic heterocycles. The van der Waals surface area contributed by atoms with Crippen molar-refractivity contribution >= 4 is 18.1 Å². The van der Waals surface area contributed by atoms with Crippen molar-refractivity contribution in [3.63, 3.8) is 0 Å². The smallest absolute Gasteiger partial charge is 0.349 e. The molecule has 2 aromatic carbocycles. The first-order chi connectivity index (χ1) is 14.2. The fourth-order valence-corrected chi connectivity index (χ4v) is 2.69. The van der Waals surface area contributed by atoms with Gasteiger partial charge in [0.1, 0.15) is 5.75 Å². The second-order valence-electron chi connectivity index (χ2n) is 6.29. The Hall–Kier alpha value is -3.60. The lowest BCUT2D eigenvalue weighted by Gasteiger charge is -2.11. The molecule has 3 rings (SSSR count). The second kappa shape index (κ2) is 10.1. The van der Waals surface area contributed by atoms with Crippen LogP contribution in [-0.4, -0.2) is 24.7 Å². The molecule has 0 unspecified atom stereocenters. The summed E-state index contributed by atoms with van der Waals surface area (Å²) in [6.45, 7) is 1.88. The van der Waals surface area contributed by atoms with E-state index in [0.29, 0.717) is 17.2 Å². The summed E-state index contributed by atoms with van der Waals surface area (Å²) in [4.78, 5) is 16.2. The summed E-state index contributed by atoms with van der Waals surface area (Å²) in [5.74, 6) is 0.975. The van der Waals surface area contributed by atoms with Crippen LogP contribution in [0.15, 0.2) is 67.0 Å². The molecule has 148 valence electrons. The first-order valence-corrected chi connectivity index (χ1v) is 9.36. The van der Waals surface area contributed by atoms with E-state index in [9.17, 15) is 4.79 Å². The number of esters is 1. The topological polar surface area (TPSA) is 57.7 Å². The van der Waals surface area contributed by atoms with Gasteiger partial charge in [-0.15, -0.1) is 0 Å². The Morgan fingerprint density at radius 1 is 0.966 bits per heavy atom. The van der Waals surface area contributed by atoms with E-state index in [1.165, 1.54) is 7.11 Å². The predicted octanol–water partition coefficient (Wildman–Crippen LogP) is 4.81. The van der Waals surface area contributed by atoms with Crippen LogP contribution in [-0.2, 0) is 11.2 Å². The Balaban J connectivity index is 1.62. The van der Waals surface area contributed by atoms with E-state index >= 15 is 0 Å². The minimum Gasteiger partial charge on any atom is -0.493 e. The molecule has 0 aliphatic rings. The zero-order chi connectivity index (χ0) is 20.5. The monoisotopic (exact) mass is 389 g/mol. The van der Waals surface area contributed by atoms with Gasteiger partial charge in [0, 0.05) is 12.4 Å². The van der Waals surface area contributed by atoms with Gasteiger partial charge in [0.2, 0.25) is 0 Å². The third kappa shape index (κ3) is 5.94. The van der Waals surface area contributed by atoms with Crippen LogP contribution in [0.25, 0.3) is 12.2 Å². The minimum atomic E-state index is -0.495. The molecule has 5 nitrogen and oxygen atoms in total. The third-order valence-corrected chi connectivity index (χ3v) is 4.25. The minimum absolute atomic E-state index is 0.181. The molecule has 3 aromatic rings. The first-order valence-electron chi connectivity index (χ1n) is 9.36. The highest BCUT2D eigenvalue weighted by Crippen LogP contribution is 2.29. The van der Waals surface area contributed by atoms with Gasteiger partial charge in [0.05, 0.1) is 7.11 Å². The van der Waals surface area contributed by atoms with Gasteiger partial charge in [-0.25, -0.2) is 4.79 Å². The number of nitrogens with zero attached hydrogens (tertiary/aromatic N) is 1. The molecule has 0 bridgehead atoms. The van der Waals surface area contributed by atoms with Crippen LogP contribution in [0.5, 0.6) is 17.2 Å². The number of methoxy groups -OCH3 is 1. The molecule has 0 spiro atoms. The molecule has 0 saturated heterocycles. The maximum Gasteiger partial charge on any atom is 0.349 e.